The highest BCUT2D eigenvalue weighted by atomic mass is 16.3. The molecule has 3 N–H and O–H groups in total. The minimum atomic E-state index is -0.733. The molecule has 1 heterocycles. The Bertz CT molecular complexity index is 551. The van der Waals surface area contributed by atoms with E-state index in [1.807, 2.05) is 25.8 Å². The second-order valence-corrected chi connectivity index (χ2v) is 5.00. The molecule has 0 aliphatic carbocycles. The summed E-state index contributed by atoms with van der Waals surface area (Å²) < 4.78 is 0.934. The molecule has 1 aromatic heterocycles. The number of nitrogens with zero attached hydrogens (tertiary/aromatic N) is 1. The SMILES string of the molecule is CC(C)(C)NC(=O)CCn1c(O)cc(=O)[nH]c1=O. The summed E-state index contributed by atoms with van der Waals surface area (Å²) in [4.78, 5) is 35.8. The van der Waals surface area contributed by atoms with Crippen molar-refractivity contribution in [2.45, 2.75) is 39.3 Å². The largest absolute Gasteiger partial charge is 0.494 e. The van der Waals surface area contributed by atoms with Crippen LogP contribution < -0.4 is 16.6 Å². The summed E-state index contributed by atoms with van der Waals surface area (Å²) in [6, 6.07) is 0.892. The Morgan fingerprint density at radius 3 is 2.56 bits per heavy atom. The van der Waals surface area contributed by atoms with Gasteiger partial charge in [0.1, 0.15) is 0 Å². The van der Waals surface area contributed by atoms with E-state index in [9.17, 15) is 19.5 Å². The van der Waals surface area contributed by atoms with E-state index >= 15 is 0 Å². The molecule has 18 heavy (non-hydrogen) atoms. The molecule has 0 bridgehead atoms. The van der Waals surface area contributed by atoms with Gasteiger partial charge in [0.05, 0.1) is 6.07 Å². The first kappa shape index (κ1) is 14.0. The maximum Gasteiger partial charge on any atom is 0.331 e. The molecule has 0 saturated heterocycles. The molecule has 0 aromatic carbocycles. The van der Waals surface area contributed by atoms with Gasteiger partial charge >= 0.3 is 5.69 Å². The van der Waals surface area contributed by atoms with Crippen molar-refractivity contribution < 1.29 is 9.90 Å². The summed E-state index contributed by atoms with van der Waals surface area (Å²) in [5, 5.41) is 12.2. The molecule has 0 unspecified atom stereocenters. The van der Waals surface area contributed by atoms with Crippen molar-refractivity contribution in [3.8, 4) is 5.88 Å². The zero-order valence-electron chi connectivity index (χ0n) is 10.6. The fourth-order valence-electron chi connectivity index (χ4n) is 1.42. The highest BCUT2D eigenvalue weighted by Gasteiger charge is 2.14. The predicted octanol–water partition coefficient (Wildman–Crippen LogP) is -0.453. The zero-order valence-corrected chi connectivity index (χ0v) is 10.6. The maximum atomic E-state index is 11.5. The van der Waals surface area contributed by atoms with Crippen LogP contribution in [-0.4, -0.2) is 26.1 Å². The van der Waals surface area contributed by atoms with Crippen molar-refractivity contribution in [2.75, 3.05) is 0 Å². The van der Waals surface area contributed by atoms with Gasteiger partial charge in [-0.15, -0.1) is 0 Å². The van der Waals surface area contributed by atoms with Crippen LogP contribution in [0.15, 0.2) is 15.7 Å². The number of hydrogen-bond donors (Lipinski definition) is 3. The third-order valence-electron chi connectivity index (χ3n) is 2.09. The Morgan fingerprint density at radius 1 is 1.44 bits per heavy atom. The van der Waals surface area contributed by atoms with E-state index in [0.717, 1.165) is 10.6 Å². The standard InChI is InChI=1S/C11H17N3O4/c1-11(2,3)13-7(15)4-5-14-9(17)6-8(16)12-10(14)18/h6,17H,4-5H2,1-3H3,(H,13,15)(H,12,16,18). The van der Waals surface area contributed by atoms with Crippen molar-refractivity contribution in [3.63, 3.8) is 0 Å². The highest BCUT2D eigenvalue weighted by Crippen LogP contribution is 2.03. The summed E-state index contributed by atoms with van der Waals surface area (Å²) >= 11 is 0. The fourth-order valence-corrected chi connectivity index (χ4v) is 1.42. The Balaban J connectivity index is 2.73. The van der Waals surface area contributed by atoms with Crippen LogP contribution in [0.3, 0.4) is 0 Å². The van der Waals surface area contributed by atoms with Crippen LogP contribution >= 0.6 is 0 Å². The summed E-state index contributed by atoms with van der Waals surface area (Å²) in [6.45, 7) is 5.53. The Morgan fingerprint density at radius 2 is 2.06 bits per heavy atom. The number of hydrogen-bond acceptors (Lipinski definition) is 4. The number of carbonyl (C=O) groups is 1. The minimum Gasteiger partial charge on any atom is -0.494 e. The number of rotatable bonds is 3. The van der Waals surface area contributed by atoms with Crippen LogP contribution in [0.2, 0.25) is 0 Å². The highest BCUT2D eigenvalue weighted by molar-refractivity contribution is 5.76. The molecule has 0 saturated carbocycles. The number of aromatic nitrogens is 2. The number of aromatic amines is 1. The molecule has 0 fully saturated rings. The van der Waals surface area contributed by atoms with Crippen molar-refractivity contribution in [1.82, 2.24) is 14.9 Å². The average Bonchev–Trinajstić information content (AvgIpc) is 2.12. The van der Waals surface area contributed by atoms with Crippen LogP contribution in [0.5, 0.6) is 5.88 Å². The summed E-state index contributed by atoms with van der Waals surface area (Å²) in [7, 11) is 0. The first-order valence-corrected chi connectivity index (χ1v) is 5.53. The number of nitrogens with one attached hydrogen (secondary N) is 2. The predicted molar refractivity (Wildman–Crippen MR) is 65.5 cm³/mol. The Kier molecular flexibility index (Phi) is 3.95. The van der Waals surface area contributed by atoms with Crippen molar-refractivity contribution in [2.24, 2.45) is 0 Å². The van der Waals surface area contributed by atoms with Crippen molar-refractivity contribution in [3.05, 3.63) is 26.9 Å². The Labute approximate surface area is 103 Å². The fraction of sp³-hybridized carbons (Fsp3) is 0.545. The van der Waals surface area contributed by atoms with E-state index in [1.54, 1.807) is 0 Å². The van der Waals surface area contributed by atoms with E-state index in [4.69, 9.17) is 0 Å². The normalized spacial score (nSPS) is 11.3. The molecule has 1 aromatic rings. The van der Waals surface area contributed by atoms with Gasteiger partial charge in [-0.25, -0.2) is 4.79 Å². The van der Waals surface area contributed by atoms with Gasteiger partial charge in [-0.1, -0.05) is 0 Å². The lowest BCUT2D eigenvalue weighted by atomic mass is 10.1. The first-order valence-electron chi connectivity index (χ1n) is 5.53. The Hall–Kier alpha value is -2.05. The van der Waals surface area contributed by atoms with Gasteiger partial charge in [-0.2, -0.15) is 0 Å². The van der Waals surface area contributed by atoms with Crippen LogP contribution in [-0.2, 0) is 11.3 Å². The molecular weight excluding hydrogens is 238 g/mol. The quantitative estimate of drug-likeness (QED) is 0.680. The maximum absolute atomic E-state index is 11.5. The third kappa shape index (κ3) is 4.08. The first-order chi connectivity index (χ1) is 8.19. The van der Waals surface area contributed by atoms with E-state index in [2.05, 4.69) is 5.32 Å². The molecule has 0 spiro atoms. The van der Waals surface area contributed by atoms with E-state index in [-0.39, 0.29) is 24.4 Å². The van der Waals surface area contributed by atoms with E-state index in [0.29, 0.717) is 0 Å². The summed E-state index contributed by atoms with van der Waals surface area (Å²) in [5.41, 5.74) is -1.76. The molecule has 0 radical (unpaired) electrons. The molecule has 0 aliphatic rings. The lowest BCUT2D eigenvalue weighted by Crippen LogP contribution is -2.41. The topological polar surface area (TPSA) is 104 Å². The van der Waals surface area contributed by atoms with Gasteiger partial charge in [0.25, 0.3) is 5.56 Å². The zero-order chi connectivity index (χ0) is 13.9. The van der Waals surface area contributed by atoms with Gasteiger partial charge in [0.15, 0.2) is 0 Å². The van der Waals surface area contributed by atoms with Gasteiger partial charge < -0.3 is 10.4 Å². The van der Waals surface area contributed by atoms with Crippen LogP contribution in [0.4, 0.5) is 0 Å². The summed E-state index contributed by atoms with van der Waals surface area (Å²) in [5.74, 6) is -0.688. The number of aromatic hydroxyl groups is 1. The molecular formula is C11H17N3O4. The van der Waals surface area contributed by atoms with Gasteiger partial charge in [-0.05, 0) is 20.8 Å². The molecule has 0 aliphatic heterocycles. The smallest absolute Gasteiger partial charge is 0.331 e. The van der Waals surface area contributed by atoms with Gasteiger partial charge in [0, 0.05) is 18.5 Å². The summed E-state index contributed by atoms with van der Waals surface area (Å²) in [6.07, 6.45) is 0.0385. The molecule has 1 rings (SSSR count). The van der Waals surface area contributed by atoms with Crippen LogP contribution in [0, 0.1) is 0 Å². The minimum absolute atomic E-state index is 0.00333. The lowest BCUT2D eigenvalue weighted by Gasteiger charge is -2.20. The number of H-pyrrole nitrogens is 1. The second kappa shape index (κ2) is 5.07. The average molecular weight is 255 g/mol. The van der Waals surface area contributed by atoms with Crippen LogP contribution in [0.25, 0.3) is 0 Å². The number of carbonyl (C=O) groups excluding carboxylic acids is 1. The number of amides is 1. The monoisotopic (exact) mass is 255 g/mol. The molecule has 100 valence electrons. The molecule has 1 amide bonds. The molecule has 7 nitrogen and oxygen atoms in total. The third-order valence-corrected chi connectivity index (χ3v) is 2.09. The van der Waals surface area contributed by atoms with E-state index < -0.39 is 17.1 Å². The molecule has 7 heteroatoms. The van der Waals surface area contributed by atoms with Crippen molar-refractivity contribution in [1.29, 1.82) is 0 Å². The van der Waals surface area contributed by atoms with Crippen molar-refractivity contribution >= 4 is 5.91 Å². The van der Waals surface area contributed by atoms with E-state index in [1.165, 1.54) is 0 Å². The van der Waals surface area contributed by atoms with Gasteiger partial charge in [0.2, 0.25) is 11.8 Å². The lowest BCUT2D eigenvalue weighted by molar-refractivity contribution is -0.122. The second-order valence-electron chi connectivity index (χ2n) is 5.00. The molecule has 0 atom stereocenters. The van der Waals surface area contributed by atoms with Crippen LogP contribution in [0.1, 0.15) is 27.2 Å². The van der Waals surface area contributed by atoms with Gasteiger partial charge in [-0.3, -0.25) is 19.1 Å².